The van der Waals surface area contributed by atoms with Crippen LogP contribution in [0.4, 0.5) is 0 Å². The molecule has 0 radical (unpaired) electrons. The summed E-state index contributed by atoms with van der Waals surface area (Å²) < 4.78 is 0.730. The van der Waals surface area contributed by atoms with Crippen LogP contribution in [0.25, 0.3) is 0 Å². The summed E-state index contributed by atoms with van der Waals surface area (Å²) in [4.78, 5) is 2.55. The summed E-state index contributed by atoms with van der Waals surface area (Å²) in [6, 6.07) is 0. The predicted octanol–water partition coefficient (Wildman–Crippen LogP) is 2.40. The minimum atomic E-state index is 0.370. The number of alkyl halides is 2. The molecular formula is C17H32I-. The summed E-state index contributed by atoms with van der Waals surface area (Å²) in [5.74, 6) is 1.07. The van der Waals surface area contributed by atoms with Crippen molar-refractivity contribution in [3.63, 3.8) is 0 Å². The van der Waals surface area contributed by atoms with Crippen molar-refractivity contribution >= 4 is 0 Å². The molecule has 0 saturated heterocycles. The molecule has 3 aliphatic rings. The van der Waals surface area contributed by atoms with E-state index in [0.29, 0.717) is 26.6 Å². The third-order valence-corrected chi connectivity index (χ3v) is 10.2. The van der Waals surface area contributed by atoms with E-state index in [-0.39, 0.29) is 0 Å². The summed E-state index contributed by atoms with van der Waals surface area (Å²) in [6.45, 7) is 5.29. The second-order valence-electron chi connectivity index (χ2n) is 7.22. The molecule has 18 heavy (non-hydrogen) atoms. The second-order valence-corrected chi connectivity index (χ2v) is 10.7. The molecule has 3 rings (SSSR count). The molecule has 0 spiro atoms. The van der Waals surface area contributed by atoms with Gasteiger partial charge in [-0.15, -0.1) is 0 Å². The van der Waals surface area contributed by atoms with Gasteiger partial charge in [-0.05, 0) is 0 Å². The Morgan fingerprint density at radius 3 is 2.22 bits per heavy atom. The number of fused-ring (bicyclic) bond motifs is 9. The first-order chi connectivity index (χ1) is 8.60. The number of rotatable bonds is 1. The van der Waals surface area contributed by atoms with Crippen LogP contribution in [0, 0.1) is 11.3 Å². The Morgan fingerprint density at radius 1 is 0.833 bits per heavy atom. The van der Waals surface area contributed by atoms with Crippen molar-refractivity contribution in [2.75, 3.05) is 4.93 Å². The third kappa shape index (κ3) is 3.24. The van der Waals surface area contributed by atoms with Gasteiger partial charge in [0, 0.05) is 0 Å². The van der Waals surface area contributed by atoms with Gasteiger partial charge in [-0.1, -0.05) is 0 Å². The number of halogens is 1. The van der Waals surface area contributed by atoms with Gasteiger partial charge < -0.3 is 0 Å². The molecule has 3 fully saturated rings. The van der Waals surface area contributed by atoms with Gasteiger partial charge >= 0.3 is 125 Å². The monoisotopic (exact) mass is 363 g/mol. The van der Waals surface area contributed by atoms with E-state index in [2.05, 4.69) is 18.8 Å². The summed E-state index contributed by atoms with van der Waals surface area (Å²) >= 11 is 0.370. The summed E-state index contributed by atoms with van der Waals surface area (Å²) in [6.07, 6.45) is 16.7. The van der Waals surface area contributed by atoms with Gasteiger partial charge in [-0.3, -0.25) is 0 Å². The van der Waals surface area contributed by atoms with E-state index in [1.165, 1.54) is 64.2 Å². The summed E-state index contributed by atoms with van der Waals surface area (Å²) in [5, 5.41) is 0. The Hall–Kier alpha value is 0.730. The van der Waals surface area contributed by atoms with Crippen LogP contribution < -0.4 is 21.2 Å². The van der Waals surface area contributed by atoms with Gasteiger partial charge in [-0.25, -0.2) is 0 Å². The quantitative estimate of drug-likeness (QED) is 0.496. The zero-order chi connectivity index (χ0) is 13.1. The number of hydrogen-bond acceptors (Lipinski definition) is 0. The fraction of sp³-hybridized carbons (Fsp3) is 1.00. The molecule has 108 valence electrons. The average molecular weight is 363 g/mol. The standard InChI is InChI=1S/C17H32I/c1-16-12-9-7-5-4-6-8-10-15(11-13-16)14-17(16,2)18-3/h15H,4-14H2,1-3H3/q-1/t15-,16?,17+/m1/s1. The van der Waals surface area contributed by atoms with Gasteiger partial charge in [0.25, 0.3) is 0 Å². The first kappa shape index (κ1) is 15.1. The molecule has 1 heteroatoms. The fourth-order valence-electron chi connectivity index (χ4n) is 4.27. The molecule has 0 nitrogen and oxygen atoms in total. The van der Waals surface area contributed by atoms with Crippen molar-refractivity contribution in [3.05, 3.63) is 0 Å². The molecule has 3 aliphatic carbocycles. The van der Waals surface area contributed by atoms with Gasteiger partial charge in [0.2, 0.25) is 0 Å². The van der Waals surface area contributed by atoms with E-state index in [4.69, 9.17) is 0 Å². The van der Waals surface area contributed by atoms with Crippen molar-refractivity contribution in [3.8, 4) is 0 Å². The second kappa shape index (κ2) is 6.45. The van der Waals surface area contributed by atoms with Crippen molar-refractivity contribution in [2.45, 2.75) is 87.9 Å². The molecule has 0 aromatic heterocycles. The van der Waals surface area contributed by atoms with Crippen LogP contribution >= 0.6 is 0 Å². The Balaban J connectivity index is 2.10. The zero-order valence-corrected chi connectivity index (χ0v) is 14.9. The average Bonchev–Trinajstić information content (AvgIpc) is 2.35. The molecule has 0 heterocycles. The first-order valence-electron chi connectivity index (χ1n) is 8.10. The Bertz CT molecular complexity index is 256. The molecule has 0 aromatic carbocycles. The Kier molecular flexibility index (Phi) is 5.42. The zero-order valence-electron chi connectivity index (χ0n) is 12.7. The molecule has 0 N–H and O–H groups in total. The molecule has 3 saturated carbocycles. The van der Waals surface area contributed by atoms with E-state index >= 15 is 0 Å². The van der Waals surface area contributed by atoms with E-state index in [1.54, 1.807) is 6.42 Å². The van der Waals surface area contributed by atoms with Crippen molar-refractivity contribution < 1.29 is 21.2 Å². The maximum atomic E-state index is 2.65. The van der Waals surface area contributed by atoms with E-state index in [9.17, 15) is 0 Å². The molecule has 0 aliphatic heterocycles. The van der Waals surface area contributed by atoms with Gasteiger partial charge in [-0.2, -0.15) is 0 Å². The molecular weight excluding hydrogens is 331 g/mol. The van der Waals surface area contributed by atoms with Crippen LogP contribution in [0.1, 0.15) is 84.5 Å². The topological polar surface area (TPSA) is 0 Å². The normalized spacial score (nSPS) is 43.4. The Morgan fingerprint density at radius 2 is 1.50 bits per heavy atom. The summed E-state index contributed by atoms with van der Waals surface area (Å²) in [7, 11) is 0. The molecule has 1 unspecified atom stereocenters. The van der Waals surface area contributed by atoms with Gasteiger partial charge in [0.1, 0.15) is 0 Å². The van der Waals surface area contributed by atoms with Crippen LogP contribution in [0.3, 0.4) is 0 Å². The maximum absolute atomic E-state index is 2.65. The van der Waals surface area contributed by atoms with Crippen molar-refractivity contribution in [1.29, 1.82) is 0 Å². The van der Waals surface area contributed by atoms with E-state index in [0.717, 1.165) is 9.34 Å². The van der Waals surface area contributed by atoms with Crippen molar-refractivity contribution in [2.24, 2.45) is 11.3 Å². The van der Waals surface area contributed by atoms with Crippen molar-refractivity contribution in [1.82, 2.24) is 0 Å². The number of hydrogen-bond donors (Lipinski definition) is 0. The SMILES string of the molecule is C[I-][C@@]1(C)C[C@@H]2CCCCCCCCC1(C)CC2. The molecule has 0 amide bonds. The van der Waals surface area contributed by atoms with Crippen LogP contribution in [-0.2, 0) is 0 Å². The molecule has 0 aromatic rings. The van der Waals surface area contributed by atoms with Crippen LogP contribution in [0.5, 0.6) is 0 Å². The van der Waals surface area contributed by atoms with Gasteiger partial charge in [0.15, 0.2) is 0 Å². The first-order valence-corrected chi connectivity index (χ1v) is 11.3. The van der Waals surface area contributed by atoms with Gasteiger partial charge in [0.05, 0.1) is 0 Å². The van der Waals surface area contributed by atoms with Crippen LogP contribution in [0.2, 0.25) is 0 Å². The minimum absolute atomic E-state index is 0.370. The Labute approximate surface area is 125 Å². The van der Waals surface area contributed by atoms with E-state index < -0.39 is 0 Å². The van der Waals surface area contributed by atoms with Crippen LogP contribution in [-0.4, -0.2) is 8.35 Å². The third-order valence-electron chi connectivity index (χ3n) is 6.04. The fourth-order valence-corrected chi connectivity index (χ4v) is 7.17. The molecule has 3 atom stereocenters. The predicted molar refractivity (Wildman–Crippen MR) is 76.7 cm³/mol. The van der Waals surface area contributed by atoms with E-state index in [1.807, 2.05) is 0 Å². The summed E-state index contributed by atoms with van der Waals surface area (Å²) in [5.41, 5.74) is 0.685. The molecule has 2 bridgehead atoms. The van der Waals surface area contributed by atoms with Crippen LogP contribution in [0.15, 0.2) is 0 Å².